The van der Waals surface area contributed by atoms with Gasteiger partial charge in [-0.05, 0) is 44.0 Å². The molecule has 1 fully saturated rings. The van der Waals surface area contributed by atoms with Gasteiger partial charge in [-0.1, -0.05) is 11.8 Å². The summed E-state index contributed by atoms with van der Waals surface area (Å²) in [7, 11) is 0. The third-order valence-corrected chi connectivity index (χ3v) is 5.39. The lowest BCUT2D eigenvalue weighted by Crippen LogP contribution is -2.23. The van der Waals surface area contributed by atoms with Crippen LogP contribution < -0.4 is 5.32 Å². The summed E-state index contributed by atoms with van der Waals surface area (Å²) in [6, 6.07) is 7.09. The molecule has 0 aliphatic heterocycles. The number of hydrogen-bond acceptors (Lipinski definition) is 5. The van der Waals surface area contributed by atoms with Gasteiger partial charge in [-0.15, -0.1) is 10.2 Å². The van der Waals surface area contributed by atoms with Crippen molar-refractivity contribution < 1.29 is 13.6 Å². The van der Waals surface area contributed by atoms with Crippen LogP contribution in [-0.2, 0) is 4.79 Å². The molecule has 1 aliphatic carbocycles. The van der Waals surface area contributed by atoms with Crippen molar-refractivity contribution in [2.75, 3.05) is 5.32 Å². The number of aromatic nitrogens is 4. The van der Waals surface area contributed by atoms with E-state index in [1.54, 1.807) is 19.3 Å². The monoisotopic (exact) mass is 401 g/mol. The topological polar surface area (TPSA) is 72.7 Å². The summed E-state index contributed by atoms with van der Waals surface area (Å²) in [6.45, 7) is 1.71. The summed E-state index contributed by atoms with van der Waals surface area (Å²) in [5, 5.41) is 11.1. The van der Waals surface area contributed by atoms with Gasteiger partial charge in [-0.3, -0.25) is 14.3 Å². The van der Waals surface area contributed by atoms with E-state index in [9.17, 15) is 13.6 Å². The predicted octanol–water partition coefficient (Wildman–Crippen LogP) is 4.07. The molecular weight excluding hydrogens is 384 g/mol. The van der Waals surface area contributed by atoms with Gasteiger partial charge in [0, 0.05) is 30.1 Å². The lowest BCUT2D eigenvalue weighted by Gasteiger charge is -2.13. The number of halogens is 2. The molecule has 1 N–H and O–H groups in total. The number of nitrogens with zero attached hydrogens (tertiary/aromatic N) is 4. The normalized spacial score (nSPS) is 14.7. The van der Waals surface area contributed by atoms with Gasteiger partial charge in [0.2, 0.25) is 5.91 Å². The minimum absolute atomic E-state index is 0.0569. The average Bonchev–Trinajstić information content (AvgIpc) is 3.44. The van der Waals surface area contributed by atoms with Crippen molar-refractivity contribution >= 4 is 23.4 Å². The van der Waals surface area contributed by atoms with Crippen LogP contribution in [0.3, 0.4) is 0 Å². The van der Waals surface area contributed by atoms with E-state index in [4.69, 9.17) is 0 Å². The lowest BCUT2D eigenvalue weighted by atomic mass is 10.3. The fourth-order valence-corrected chi connectivity index (χ4v) is 3.67. The van der Waals surface area contributed by atoms with Crippen LogP contribution in [0.1, 0.15) is 25.8 Å². The Balaban J connectivity index is 1.52. The molecule has 0 saturated heterocycles. The van der Waals surface area contributed by atoms with Crippen molar-refractivity contribution in [1.29, 1.82) is 0 Å². The van der Waals surface area contributed by atoms with Gasteiger partial charge in [0.05, 0.1) is 10.9 Å². The zero-order chi connectivity index (χ0) is 19.7. The molecule has 0 unspecified atom stereocenters. The Labute approximate surface area is 164 Å². The number of hydrogen-bond donors (Lipinski definition) is 1. The number of benzene rings is 1. The average molecular weight is 401 g/mol. The molecule has 4 rings (SSSR count). The maximum Gasteiger partial charge on any atom is 0.237 e. The van der Waals surface area contributed by atoms with Crippen LogP contribution in [0.2, 0.25) is 0 Å². The Morgan fingerprint density at radius 3 is 2.79 bits per heavy atom. The van der Waals surface area contributed by atoms with Crippen molar-refractivity contribution in [1.82, 2.24) is 19.7 Å². The van der Waals surface area contributed by atoms with E-state index in [1.165, 1.54) is 17.8 Å². The standard InChI is InChI=1S/C19H17F2N5OS/c1-11(18(27)23-16-7-4-13(20)9-15(16)21)28-19-25-24-17(26(19)14-5-6-14)12-3-2-8-22-10-12/h2-4,7-11,14H,5-6H2,1H3,(H,23,27)/t11-/m0/s1. The van der Waals surface area contributed by atoms with E-state index in [0.29, 0.717) is 11.2 Å². The summed E-state index contributed by atoms with van der Waals surface area (Å²) in [4.78, 5) is 16.6. The first-order chi connectivity index (χ1) is 13.5. The molecular formula is C19H17F2N5OS. The molecule has 0 spiro atoms. The second-order valence-electron chi connectivity index (χ2n) is 6.52. The van der Waals surface area contributed by atoms with Gasteiger partial charge < -0.3 is 5.32 Å². The van der Waals surface area contributed by atoms with Gasteiger partial charge in [-0.25, -0.2) is 8.78 Å². The maximum atomic E-state index is 13.8. The SMILES string of the molecule is C[C@H](Sc1nnc(-c2cccnc2)n1C1CC1)C(=O)Nc1ccc(F)cc1F. The number of carbonyl (C=O) groups excluding carboxylic acids is 1. The van der Waals surface area contributed by atoms with E-state index >= 15 is 0 Å². The quantitative estimate of drug-likeness (QED) is 0.631. The Morgan fingerprint density at radius 1 is 1.29 bits per heavy atom. The molecule has 6 nitrogen and oxygen atoms in total. The minimum atomic E-state index is -0.814. The fourth-order valence-electron chi connectivity index (χ4n) is 2.75. The second kappa shape index (κ2) is 7.67. The van der Waals surface area contributed by atoms with Gasteiger partial charge in [0.25, 0.3) is 0 Å². The zero-order valence-corrected chi connectivity index (χ0v) is 15.8. The molecule has 2 aromatic heterocycles. The third-order valence-electron chi connectivity index (χ3n) is 4.34. The number of nitrogens with one attached hydrogen (secondary N) is 1. The first-order valence-corrected chi connectivity index (χ1v) is 9.69. The Bertz CT molecular complexity index is 1010. The zero-order valence-electron chi connectivity index (χ0n) is 15.0. The number of rotatable bonds is 6. The fraction of sp³-hybridized carbons (Fsp3) is 0.263. The number of carbonyl (C=O) groups is 1. The summed E-state index contributed by atoms with van der Waals surface area (Å²) >= 11 is 1.25. The summed E-state index contributed by atoms with van der Waals surface area (Å²) in [5.41, 5.74) is 0.804. The Hall–Kier alpha value is -2.81. The number of pyridine rings is 1. The van der Waals surface area contributed by atoms with Crippen LogP contribution in [0.25, 0.3) is 11.4 Å². The van der Waals surface area contributed by atoms with Crippen molar-refractivity contribution in [3.63, 3.8) is 0 Å². The molecule has 144 valence electrons. The van der Waals surface area contributed by atoms with Crippen LogP contribution >= 0.6 is 11.8 Å². The first-order valence-electron chi connectivity index (χ1n) is 8.81. The highest BCUT2D eigenvalue weighted by atomic mass is 32.2. The smallest absolute Gasteiger partial charge is 0.237 e. The molecule has 1 atom stereocenters. The highest BCUT2D eigenvalue weighted by Gasteiger charge is 2.31. The molecule has 0 radical (unpaired) electrons. The number of anilines is 1. The first kappa shape index (κ1) is 18.5. The van der Waals surface area contributed by atoms with Gasteiger partial charge in [-0.2, -0.15) is 0 Å². The summed E-state index contributed by atoms with van der Waals surface area (Å²) in [6.07, 6.45) is 5.48. The maximum absolute atomic E-state index is 13.8. The Kier molecular flexibility index (Phi) is 5.08. The van der Waals surface area contributed by atoms with E-state index in [1.807, 2.05) is 16.7 Å². The number of thioether (sulfide) groups is 1. The molecule has 2 heterocycles. The van der Waals surface area contributed by atoms with Crippen LogP contribution in [0.4, 0.5) is 14.5 Å². The summed E-state index contributed by atoms with van der Waals surface area (Å²) < 4.78 is 28.8. The van der Waals surface area contributed by atoms with Crippen molar-refractivity contribution in [3.05, 3.63) is 54.4 Å². The van der Waals surface area contributed by atoms with Crippen LogP contribution in [0.5, 0.6) is 0 Å². The highest BCUT2D eigenvalue weighted by Crippen LogP contribution is 2.41. The molecule has 1 amide bonds. The predicted molar refractivity (Wildman–Crippen MR) is 102 cm³/mol. The van der Waals surface area contributed by atoms with E-state index in [0.717, 1.165) is 36.4 Å². The van der Waals surface area contributed by atoms with Crippen molar-refractivity contribution in [3.8, 4) is 11.4 Å². The molecule has 1 saturated carbocycles. The van der Waals surface area contributed by atoms with Gasteiger partial charge in [0.1, 0.15) is 11.6 Å². The highest BCUT2D eigenvalue weighted by molar-refractivity contribution is 8.00. The molecule has 9 heteroatoms. The number of amides is 1. The van der Waals surface area contributed by atoms with Crippen LogP contribution in [-0.4, -0.2) is 30.9 Å². The second-order valence-corrected chi connectivity index (χ2v) is 7.83. The Morgan fingerprint density at radius 2 is 2.11 bits per heavy atom. The van der Waals surface area contributed by atoms with Crippen LogP contribution in [0.15, 0.2) is 47.9 Å². The van der Waals surface area contributed by atoms with Crippen molar-refractivity contribution in [2.45, 2.75) is 36.2 Å². The minimum Gasteiger partial charge on any atom is -0.323 e. The van der Waals surface area contributed by atoms with E-state index in [2.05, 4.69) is 20.5 Å². The largest absolute Gasteiger partial charge is 0.323 e. The van der Waals surface area contributed by atoms with E-state index in [-0.39, 0.29) is 5.69 Å². The third kappa shape index (κ3) is 3.89. The van der Waals surface area contributed by atoms with Gasteiger partial charge in [0.15, 0.2) is 11.0 Å². The van der Waals surface area contributed by atoms with Crippen LogP contribution in [0, 0.1) is 11.6 Å². The molecule has 0 bridgehead atoms. The molecule has 3 aromatic rings. The molecule has 1 aromatic carbocycles. The summed E-state index contributed by atoms with van der Waals surface area (Å²) in [5.74, 6) is -1.19. The lowest BCUT2D eigenvalue weighted by molar-refractivity contribution is -0.115. The van der Waals surface area contributed by atoms with Crippen molar-refractivity contribution in [2.24, 2.45) is 0 Å². The van der Waals surface area contributed by atoms with E-state index < -0.39 is 22.8 Å². The molecule has 28 heavy (non-hydrogen) atoms. The molecule has 1 aliphatic rings. The van der Waals surface area contributed by atoms with Gasteiger partial charge >= 0.3 is 0 Å².